The second-order valence-electron chi connectivity index (χ2n) is 5.77. The van der Waals surface area contributed by atoms with Crippen LogP contribution in [0.15, 0.2) is 36.5 Å². The molecule has 1 aliphatic carbocycles. The molecule has 1 saturated carbocycles. The minimum absolute atomic E-state index is 0.144. The molecule has 1 heterocycles. The van der Waals surface area contributed by atoms with E-state index in [2.05, 4.69) is 4.98 Å². The smallest absolute Gasteiger partial charge is 0.337 e. The Morgan fingerprint density at radius 1 is 1.17 bits per heavy atom. The lowest BCUT2D eigenvalue weighted by Crippen LogP contribution is -2.20. The molecule has 0 aliphatic heterocycles. The largest absolute Gasteiger partial charge is 0.478 e. The molecule has 0 bridgehead atoms. The Hall–Kier alpha value is -2.07. The van der Waals surface area contributed by atoms with Gasteiger partial charge in [0.05, 0.1) is 5.56 Å². The lowest BCUT2D eigenvalue weighted by Gasteiger charge is -2.23. The van der Waals surface area contributed by atoms with E-state index in [1.165, 1.54) is 12.6 Å². The maximum atomic E-state index is 11.2. The molecule has 2 aromatic rings. The van der Waals surface area contributed by atoms with Crippen molar-refractivity contribution in [3.63, 3.8) is 0 Å². The summed E-state index contributed by atoms with van der Waals surface area (Å²) in [6, 6.07) is 8.84. The first-order valence-electron chi connectivity index (χ1n) is 7.79. The van der Waals surface area contributed by atoms with Crippen LogP contribution >= 0.6 is 11.6 Å². The predicted molar refractivity (Wildman–Crippen MR) is 89.1 cm³/mol. The Balaban J connectivity index is 1.96. The Kier molecular flexibility index (Phi) is 4.82. The maximum Gasteiger partial charge on any atom is 0.337 e. The normalized spacial score (nSPS) is 15.3. The van der Waals surface area contributed by atoms with Crippen LogP contribution < -0.4 is 4.74 Å². The first-order valence-corrected chi connectivity index (χ1v) is 8.17. The summed E-state index contributed by atoms with van der Waals surface area (Å²) in [5.41, 5.74) is 1.67. The summed E-state index contributed by atoms with van der Waals surface area (Å²) in [5, 5.41) is 9.84. The Bertz CT molecular complexity index is 694. The number of rotatable bonds is 4. The number of carbonyl (C=O) groups is 1. The van der Waals surface area contributed by atoms with Crippen molar-refractivity contribution in [2.45, 2.75) is 38.2 Å². The molecule has 0 unspecified atom stereocenters. The summed E-state index contributed by atoms with van der Waals surface area (Å²) in [7, 11) is 0. The first kappa shape index (κ1) is 15.8. The SMILES string of the molecule is O=C(O)c1cnc(OC2CCCCC2)c(-c2ccc(Cl)cc2)c1. The molecule has 1 aromatic carbocycles. The maximum absolute atomic E-state index is 11.2. The zero-order valence-corrected chi connectivity index (χ0v) is 13.4. The number of aromatic nitrogens is 1. The van der Waals surface area contributed by atoms with E-state index in [0.29, 0.717) is 16.5 Å². The molecule has 1 aliphatic rings. The van der Waals surface area contributed by atoms with Gasteiger partial charge in [-0.2, -0.15) is 0 Å². The molecule has 0 radical (unpaired) electrons. The molecular weight excluding hydrogens is 314 g/mol. The van der Waals surface area contributed by atoms with Gasteiger partial charge in [-0.3, -0.25) is 0 Å². The van der Waals surface area contributed by atoms with Gasteiger partial charge in [0, 0.05) is 16.8 Å². The van der Waals surface area contributed by atoms with Gasteiger partial charge < -0.3 is 9.84 Å². The van der Waals surface area contributed by atoms with Gasteiger partial charge in [0.15, 0.2) is 0 Å². The number of carboxylic acids is 1. The molecule has 0 saturated heterocycles. The summed E-state index contributed by atoms with van der Waals surface area (Å²) in [4.78, 5) is 15.5. The number of hydrogen-bond acceptors (Lipinski definition) is 3. The fourth-order valence-corrected chi connectivity index (χ4v) is 2.97. The zero-order chi connectivity index (χ0) is 16.2. The molecule has 1 aromatic heterocycles. The Labute approximate surface area is 140 Å². The van der Waals surface area contributed by atoms with E-state index >= 15 is 0 Å². The lowest BCUT2D eigenvalue weighted by molar-refractivity contribution is 0.0696. The van der Waals surface area contributed by atoms with Crippen LogP contribution in [-0.4, -0.2) is 22.2 Å². The number of pyridine rings is 1. The minimum atomic E-state index is -1.00. The highest BCUT2D eigenvalue weighted by Crippen LogP contribution is 2.32. The molecular formula is C18H18ClNO3. The molecule has 0 amide bonds. The molecule has 120 valence electrons. The molecule has 0 spiro atoms. The fraction of sp³-hybridized carbons (Fsp3) is 0.333. The standard InChI is InChI=1S/C18H18ClNO3/c19-14-8-6-12(7-9-14)16-10-13(18(21)22)11-20-17(16)23-15-4-2-1-3-5-15/h6-11,15H,1-5H2,(H,21,22). The van der Waals surface area contributed by atoms with Crippen molar-refractivity contribution >= 4 is 17.6 Å². The predicted octanol–water partition coefficient (Wildman–Crippen LogP) is 4.81. The van der Waals surface area contributed by atoms with Crippen LogP contribution in [0.1, 0.15) is 42.5 Å². The van der Waals surface area contributed by atoms with Gasteiger partial charge in [-0.15, -0.1) is 0 Å². The summed E-state index contributed by atoms with van der Waals surface area (Å²) in [6.07, 6.45) is 7.10. The zero-order valence-electron chi connectivity index (χ0n) is 12.7. The van der Waals surface area contributed by atoms with Gasteiger partial charge in [0.25, 0.3) is 0 Å². The number of ether oxygens (including phenoxy) is 1. The number of carboxylic acid groups (broad SMARTS) is 1. The second-order valence-corrected chi connectivity index (χ2v) is 6.20. The van der Waals surface area contributed by atoms with Crippen molar-refractivity contribution in [2.75, 3.05) is 0 Å². The number of hydrogen-bond donors (Lipinski definition) is 1. The van der Waals surface area contributed by atoms with E-state index in [9.17, 15) is 9.90 Å². The third-order valence-electron chi connectivity index (χ3n) is 4.08. The summed E-state index contributed by atoms with van der Waals surface area (Å²) in [6.45, 7) is 0. The van der Waals surface area contributed by atoms with Gasteiger partial charge in [0.1, 0.15) is 6.10 Å². The third-order valence-corrected chi connectivity index (χ3v) is 4.34. The minimum Gasteiger partial charge on any atom is -0.478 e. The van der Waals surface area contributed by atoms with Gasteiger partial charge >= 0.3 is 5.97 Å². The van der Waals surface area contributed by atoms with E-state index in [0.717, 1.165) is 31.2 Å². The number of halogens is 1. The van der Waals surface area contributed by atoms with Crippen LogP contribution in [0.5, 0.6) is 5.88 Å². The topological polar surface area (TPSA) is 59.4 Å². The van der Waals surface area contributed by atoms with Crippen molar-refractivity contribution in [3.8, 4) is 17.0 Å². The van der Waals surface area contributed by atoms with Gasteiger partial charge in [-0.05, 0) is 49.4 Å². The monoisotopic (exact) mass is 331 g/mol. The highest BCUT2D eigenvalue weighted by atomic mass is 35.5. The van der Waals surface area contributed by atoms with Crippen molar-refractivity contribution in [2.24, 2.45) is 0 Å². The average molecular weight is 332 g/mol. The number of aromatic carboxylic acids is 1. The fourth-order valence-electron chi connectivity index (χ4n) is 2.84. The van der Waals surface area contributed by atoms with Crippen molar-refractivity contribution in [1.29, 1.82) is 0 Å². The highest BCUT2D eigenvalue weighted by molar-refractivity contribution is 6.30. The van der Waals surface area contributed by atoms with E-state index < -0.39 is 5.97 Å². The molecule has 3 rings (SSSR count). The molecule has 0 atom stereocenters. The van der Waals surface area contributed by atoms with E-state index in [4.69, 9.17) is 16.3 Å². The average Bonchev–Trinajstić information content (AvgIpc) is 2.57. The van der Waals surface area contributed by atoms with Crippen LogP contribution in [0.25, 0.3) is 11.1 Å². The first-order chi connectivity index (χ1) is 11.1. The molecule has 1 fully saturated rings. The van der Waals surface area contributed by atoms with Crippen molar-refractivity contribution in [1.82, 2.24) is 4.98 Å². The van der Waals surface area contributed by atoms with Crippen LogP contribution in [0.4, 0.5) is 0 Å². The van der Waals surface area contributed by atoms with Crippen molar-refractivity contribution < 1.29 is 14.6 Å². The summed E-state index contributed by atoms with van der Waals surface area (Å²) in [5.74, 6) is -0.513. The van der Waals surface area contributed by atoms with Gasteiger partial charge in [-0.25, -0.2) is 9.78 Å². The Morgan fingerprint density at radius 3 is 2.52 bits per heavy atom. The highest BCUT2D eigenvalue weighted by Gasteiger charge is 2.19. The van der Waals surface area contributed by atoms with E-state index in [1.54, 1.807) is 18.2 Å². The molecule has 23 heavy (non-hydrogen) atoms. The lowest BCUT2D eigenvalue weighted by atomic mass is 9.97. The van der Waals surface area contributed by atoms with Gasteiger partial charge in [0.2, 0.25) is 5.88 Å². The van der Waals surface area contributed by atoms with E-state index in [1.807, 2.05) is 12.1 Å². The number of nitrogens with zero attached hydrogens (tertiary/aromatic N) is 1. The van der Waals surface area contributed by atoms with Gasteiger partial charge in [-0.1, -0.05) is 30.2 Å². The molecule has 4 nitrogen and oxygen atoms in total. The number of benzene rings is 1. The molecule has 1 N–H and O–H groups in total. The Morgan fingerprint density at radius 2 is 1.87 bits per heavy atom. The quantitative estimate of drug-likeness (QED) is 0.873. The van der Waals surface area contributed by atoms with E-state index in [-0.39, 0.29) is 11.7 Å². The summed E-state index contributed by atoms with van der Waals surface area (Å²) < 4.78 is 6.07. The van der Waals surface area contributed by atoms with Crippen LogP contribution in [0, 0.1) is 0 Å². The summed E-state index contributed by atoms with van der Waals surface area (Å²) >= 11 is 5.94. The third kappa shape index (κ3) is 3.82. The van der Waals surface area contributed by atoms with Crippen LogP contribution in [0.3, 0.4) is 0 Å². The molecule has 5 heteroatoms. The second kappa shape index (κ2) is 7.01. The van der Waals surface area contributed by atoms with Crippen LogP contribution in [-0.2, 0) is 0 Å². The van der Waals surface area contributed by atoms with Crippen molar-refractivity contribution in [3.05, 3.63) is 47.1 Å². The van der Waals surface area contributed by atoms with Crippen LogP contribution in [0.2, 0.25) is 5.02 Å².